The summed E-state index contributed by atoms with van der Waals surface area (Å²) in [5, 5.41) is 5.06. The van der Waals surface area contributed by atoms with Crippen LogP contribution in [0.25, 0.3) is 0 Å². The van der Waals surface area contributed by atoms with E-state index in [0.29, 0.717) is 11.5 Å². The van der Waals surface area contributed by atoms with E-state index in [9.17, 15) is 0 Å². The number of hydrogen-bond acceptors (Lipinski definition) is 3. The van der Waals surface area contributed by atoms with Crippen LogP contribution in [0.4, 0.5) is 0 Å². The van der Waals surface area contributed by atoms with E-state index >= 15 is 0 Å². The van der Waals surface area contributed by atoms with Gasteiger partial charge in [0, 0.05) is 22.9 Å². The van der Waals surface area contributed by atoms with Gasteiger partial charge in [0.05, 0.1) is 10.7 Å². The lowest BCUT2D eigenvalue weighted by Gasteiger charge is -2.19. The monoisotopic (exact) mass is 292 g/mol. The Labute approximate surface area is 127 Å². The molecular weight excluding hydrogens is 264 g/mol. The third-order valence-corrected chi connectivity index (χ3v) is 6.73. The molecule has 112 valence electrons. The summed E-state index contributed by atoms with van der Waals surface area (Å²) in [5.74, 6) is 1.04. The summed E-state index contributed by atoms with van der Waals surface area (Å²) in [6.07, 6.45) is 5.85. The first-order valence-corrected chi connectivity index (χ1v) is 8.85. The van der Waals surface area contributed by atoms with Gasteiger partial charge in [0.25, 0.3) is 0 Å². The minimum absolute atomic E-state index is 0.166. The van der Waals surface area contributed by atoms with Crippen LogP contribution in [0.5, 0.6) is 0 Å². The summed E-state index contributed by atoms with van der Waals surface area (Å²) < 4.78 is 0. The molecule has 2 fully saturated rings. The zero-order valence-electron chi connectivity index (χ0n) is 13.5. The Hall–Kier alpha value is -0.410. The van der Waals surface area contributed by atoms with Crippen molar-refractivity contribution in [2.75, 3.05) is 6.54 Å². The molecule has 2 aliphatic carbocycles. The van der Waals surface area contributed by atoms with Gasteiger partial charge in [-0.2, -0.15) is 0 Å². The topological polar surface area (TPSA) is 24.9 Å². The van der Waals surface area contributed by atoms with Crippen molar-refractivity contribution in [1.29, 1.82) is 0 Å². The molecule has 0 amide bonds. The summed E-state index contributed by atoms with van der Waals surface area (Å²) in [4.78, 5) is 6.22. The predicted octanol–water partition coefficient (Wildman–Crippen LogP) is 4.59. The van der Waals surface area contributed by atoms with Gasteiger partial charge in [-0.1, -0.05) is 20.8 Å². The molecule has 0 aliphatic heterocycles. The van der Waals surface area contributed by atoms with Crippen molar-refractivity contribution in [2.24, 2.45) is 11.3 Å². The first-order chi connectivity index (χ1) is 9.32. The highest BCUT2D eigenvalue weighted by atomic mass is 32.1. The van der Waals surface area contributed by atoms with E-state index in [1.807, 2.05) is 11.3 Å². The maximum Gasteiger partial charge on any atom is 0.0985 e. The second-order valence-electron chi connectivity index (χ2n) is 7.96. The maximum absolute atomic E-state index is 4.79. The van der Waals surface area contributed by atoms with Crippen LogP contribution in [0, 0.1) is 18.3 Å². The molecule has 1 aromatic heterocycles. The van der Waals surface area contributed by atoms with Crippen molar-refractivity contribution < 1.29 is 0 Å². The number of nitrogens with one attached hydrogen (secondary N) is 1. The number of aromatic nitrogens is 1. The van der Waals surface area contributed by atoms with Crippen LogP contribution < -0.4 is 5.32 Å². The standard InChI is InChI=1S/C17H28N2S/c1-11(18-10-17(8-9-17)13-6-7-13)14-12(2)19-15(20-14)16(3,4)5/h11,13,18H,6-10H2,1-5H3. The van der Waals surface area contributed by atoms with Crippen molar-refractivity contribution in [3.8, 4) is 0 Å². The van der Waals surface area contributed by atoms with E-state index in [-0.39, 0.29) is 5.41 Å². The number of nitrogens with zero attached hydrogens (tertiary/aromatic N) is 1. The normalized spacial score (nSPS) is 22.9. The maximum atomic E-state index is 4.79. The van der Waals surface area contributed by atoms with Gasteiger partial charge in [-0.15, -0.1) is 11.3 Å². The van der Waals surface area contributed by atoms with Gasteiger partial charge in [0.1, 0.15) is 0 Å². The van der Waals surface area contributed by atoms with Gasteiger partial charge >= 0.3 is 0 Å². The van der Waals surface area contributed by atoms with Gasteiger partial charge in [0.15, 0.2) is 0 Å². The lowest BCUT2D eigenvalue weighted by atomic mass is 9.98. The molecule has 0 radical (unpaired) electrons. The molecule has 3 rings (SSSR count). The van der Waals surface area contributed by atoms with Gasteiger partial charge < -0.3 is 5.32 Å². The molecule has 0 saturated heterocycles. The molecule has 0 bridgehead atoms. The van der Waals surface area contributed by atoms with E-state index in [1.54, 1.807) is 0 Å². The third-order valence-electron chi connectivity index (χ3n) is 4.96. The molecule has 1 heterocycles. The predicted molar refractivity (Wildman–Crippen MR) is 86.4 cm³/mol. The van der Waals surface area contributed by atoms with E-state index in [1.165, 1.54) is 47.8 Å². The van der Waals surface area contributed by atoms with Gasteiger partial charge in [-0.3, -0.25) is 0 Å². The van der Waals surface area contributed by atoms with Crippen LogP contribution in [0.3, 0.4) is 0 Å². The van der Waals surface area contributed by atoms with Crippen LogP contribution in [0.1, 0.15) is 75.0 Å². The lowest BCUT2D eigenvalue weighted by Crippen LogP contribution is -2.27. The fourth-order valence-electron chi connectivity index (χ4n) is 3.17. The van der Waals surface area contributed by atoms with Crippen LogP contribution in [-0.2, 0) is 5.41 Å². The van der Waals surface area contributed by atoms with Crippen LogP contribution in [-0.4, -0.2) is 11.5 Å². The smallest absolute Gasteiger partial charge is 0.0985 e. The Balaban J connectivity index is 1.65. The first-order valence-electron chi connectivity index (χ1n) is 8.03. The van der Waals surface area contributed by atoms with Crippen LogP contribution in [0.15, 0.2) is 0 Å². The van der Waals surface area contributed by atoms with Gasteiger partial charge in [-0.05, 0) is 50.9 Å². The molecule has 2 nitrogen and oxygen atoms in total. The number of thiazole rings is 1. The second kappa shape index (κ2) is 4.81. The molecule has 0 spiro atoms. The van der Waals surface area contributed by atoms with Crippen LogP contribution >= 0.6 is 11.3 Å². The lowest BCUT2D eigenvalue weighted by molar-refractivity contribution is 0.383. The highest BCUT2D eigenvalue weighted by molar-refractivity contribution is 7.12. The molecule has 1 unspecified atom stereocenters. The molecule has 1 atom stereocenters. The van der Waals surface area contributed by atoms with E-state index in [4.69, 9.17) is 4.98 Å². The second-order valence-corrected chi connectivity index (χ2v) is 8.99. The Morgan fingerprint density at radius 1 is 1.35 bits per heavy atom. The number of rotatable bonds is 5. The molecule has 2 saturated carbocycles. The van der Waals surface area contributed by atoms with Crippen LogP contribution in [0.2, 0.25) is 0 Å². The SMILES string of the molecule is Cc1nc(C(C)(C)C)sc1C(C)NCC1(C2CC2)CC1. The first kappa shape index (κ1) is 14.5. The average molecular weight is 292 g/mol. The molecule has 3 heteroatoms. The summed E-state index contributed by atoms with van der Waals surface area (Å²) >= 11 is 1.90. The zero-order chi connectivity index (χ0) is 14.5. The molecule has 2 aliphatic rings. The summed E-state index contributed by atoms with van der Waals surface area (Å²) in [7, 11) is 0. The minimum atomic E-state index is 0.166. The van der Waals surface area contributed by atoms with Crippen molar-refractivity contribution in [3.63, 3.8) is 0 Å². The Morgan fingerprint density at radius 3 is 2.45 bits per heavy atom. The summed E-state index contributed by atoms with van der Waals surface area (Å²) in [5.41, 5.74) is 2.06. The Kier molecular flexibility index (Phi) is 3.49. The third kappa shape index (κ3) is 2.80. The summed E-state index contributed by atoms with van der Waals surface area (Å²) in [6, 6.07) is 0.444. The van der Waals surface area contributed by atoms with Crippen molar-refractivity contribution in [3.05, 3.63) is 15.6 Å². The highest BCUT2D eigenvalue weighted by Crippen LogP contribution is 2.61. The highest BCUT2D eigenvalue weighted by Gasteiger charge is 2.53. The van der Waals surface area contributed by atoms with Crippen molar-refractivity contribution >= 4 is 11.3 Å². The largest absolute Gasteiger partial charge is 0.309 e. The fourth-order valence-corrected chi connectivity index (χ4v) is 4.32. The van der Waals surface area contributed by atoms with Crippen molar-refractivity contribution in [2.45, 2.75) is 71.8 Å². The average Bonchev–Trinajstić information content (AvgIpc) is 3.22. The zero-order valence-corrected chi connectivity index (χ0v) is 14.4. The number of aryl methyl sites for hydroxylation is 1. The van der Waals surface area contributed by atoms with Crippen molar-refractivity contribution in [1.82, 2.24) is 10.3 Å². The van der Waals surface area contributed by atoms with Gasteiger partial charge in [0.2, 0.25) is 0 Å². The molecule has 1 aromatic rings. The van der Waals surface area contributed by atoms with E-state index < -0.39 is 0 Å². The Bertz CT molecular complexity index is 490. The minimum Gasteiger partial charge on any atom is -0.309 e. The van der Waals surface area contributed by atoms with Gasteiger partial charge in [-0.25, -0.2) is 4.98 Å². The van der Waals surface area contributed by atoms with E-state index in [0.717, 1.165) is 5.92 Å². The number of hydrogen-bond donors (Lipinski definition) is 1. The quantitative estimate of drug-likeness (QED) is 0.858. The Morgan fingerprint density at radius 2 is 2.00 bits per heavy atom. The summed E-state index contributed by atoms with van der Waals surface area (Å²) in [6.45, 7) is 12.4. The molecule has 20 heavy (non-hydrogen) atoms. The molecule has 1 N–H and O–H groups in total. The van der Waals surface area contributed by atoms with E-state index in [2.05, 4.69) is 39.9 Å². The molecular formula is C17H28N2S. The molecule has 0 aromatic carbocycles. The fraction of sp³-hybridized carbons (Fsp3) is 0.824.